The summed E-state index contributed by atoms with van der Waals surface area (Å²) in [5, 5.41) is 6.50. The molecule has 19 heavy (non-hydrogen) atoms. The van der Waals surface area contributed by atoms with Crippen molar-refractivity contribution in [3.63, 3.8) is 0 Å². The predicted molar refractivity (Wildman–Crippen MR) is 78.1 cm³/mol. The molecule has 4 nitrogen and oxygen atoms in total. The monoisotopic (exact) mass is 267 g/mol. The third-order valence-electron chi connectivity index (χ3n) is 4.69. The number of likely N-dealkylation sites (tertiary alicyclic amines) is 1. The molecule has 110 valence electrons. The Balaban J connectivity index is 1.83. The highest BCUT2D eigenvalue weighted by molar-refractivity contribution is 5.81. The summed E-state index contributed by atoms with van der Waals surface area (Å²) in [6.07, 6.45) is 8.63. The Labute approximate surface area is 117 Å². The maximum atomic E-state index is 12.4. The largest absolute Gasteiger partial charge is 0.352 e. The van der Waals surface area contributed by atoms with Crippen molar-refractivity contribution < 1.29 is 4.79 Å². The van der Waals surface area contributed by atoms with Crippen LogP contribution < -0.4 is 10.6 Å². The van der Waals surface area contributed by atoms with Gasteiger partial charge >= 0.3 is 0 Å². The molecule has 4 heteroatoms. The number of nitrogens with zero attached hydrogens (tertiary/aromatic N) is 1. The van der Waals surface area contributed by atoms with Crippen LogP contribution in [0.5, 0.6) is 0 Å². The lowest BCUT2D eigenvalue weighted by Crippen LogP contribution is -2.51. The molecule has 1 amide bonds. The molecule has 1 aliphatic heterocycles. The van der Waals surface area contributed by atoms with Gasteiger partial charge in [0, 0.05) is 18.6 Å². The van der Waals surface area contributed by atoms with Gasteiger partial charge in [-0.3, -0.25) is 9.69 Å². The number of rotatable bonds is 5. The zero-order valence-corrected chi connectivity index (χ0v) is 12.5. The number of hydrogen-bond donors (Lipinski definition) is 2. The highest BCUT2D eigenvalue weighted by Crippen LogP contribution is 2.21. The molecule has 2 atom stereocenters. The van der Waals surface area contributed by atoms with Gasteiger partial charge < -0.3 is 10.6 Å². The lowest BCUT2D eigenvalue weighted by molar-refractivity contribution is -0.127. The van der Waals surface area contributed by atoms with Gasteiger partial charge in [0.15, 0.2) is 0 Å². The Morgan fingerprint density at radius 1 is 1.21 bits per heavy atom. The third kappa shape index (κ3) is 3.93. The van der Waals surface area contributed by atoms with Gasteiger partial charge in [0.25, 0.3) is 0 Å². The van der Waals surface area contributed by atoms with E-state index < -0.39 is 0 Å². The van der Waals surface area contributed by atoms with E-state index in [1.807, 2.05) is 7.05 Å². The van der Waals surface area contributed by atoms with E-state index in [9.17, 15) is 4.79 Å². The fourth-order valence-corrected chi connectivity index (χ4v) is 3.54. The van der Waals surface area contributed by atoms with Crippen LogP contribution in [-0.4, -0.2) is 49.1 Å². The maximum Gasteiger partial charge on any atom is 0.237 e. The Morgan fingerprint density at radius 3 is 2.63 bits per heavy atom. The Hall–Kier alpha value is -0.610. The van der Waals surface area contributed by atoms with Crippen LogP contribution in [0.25, 0.3) is 0 Å². The van der Waals surface area contributed by atoms with Crippen LogP contribution >= 0.6 is 0 Å². The number of likely N-dealkylation sites (N-methyl/N-ethyl adjacent to an activating group) is 1. The standard InChI is InChI=1S/C15H29N3O/c1-12(18-10-6-9-14(18)11-16-2)15(19)17-13-7-4-3-5-8-13/h12-14,16H,3-11H2,1-2H3,(H,17,19). The summed E-state index contributed by atoms with van der Waals surface area (Å²) >= 11 is 0. The molecule has 0 spiro atoms. The van der Waals surface area contributed by atoms with Gasteiger partial charge in [-0.1, -0.05) is 19.3 Å². The van der Waals surface area contributed by atoms with Gasteiger partial charge in [0.05, 0.1) is 6.04 Å². The second kappa shape index (κ2) is 7.25. The number of hydrogen-bond acceptors (Lipinski definition) is 3. The number of carbonyl (C=O) groups excluding carboxylic acids is 1. The van der Waals surface area contributed by atoms with E-state index in [0.717, 1.165) is 13.1 Å². The lowest BCUT2D eigenvalue weighted by atomic mass is 9.95. The summed E-state index contributed by atoms with van der Waals surface area (Å²) in [5.74, 6) is 0.231. The first-order valence-electron chi connectivity index (χ1n) is 7.93. The zero-order valence-electron chi connectivity index (χ0n) is 12.5. The first-order valence-corrected chi connectivity index (χ1v) is 7.93. The fraction of sp³-hybridized carbons (Fsp3) is 0.933. The minimum Gasteiger partial charge on any atom is -0.352 e. The number of nitrogens with one attached hydrogen (secondary N) is 2. The van der Waals surface area contributed by atoms with Gasteiger partial charge in [0.2, 0.25) is 5.91 Å². The van der Waals surface area contributed by atoms with Crippen molar-refractivity contribution in [2.24, 2.45) is 0 Å². The predicted octanol–water partition coefficient (Wildman–Crippen LogP) is 1.51. The van der Waals surface area contributed by atoms with Crippen molar-refractivity contribution in [2.75, 3.05) is 20.1 Å². The van der Waals surface area contributed by atoms with Crippen LogP contribution in [0.15, 0.2) is 0 Å². The van der Waals surface area contributed by atoms with Gasteiger partial charge in [-0.2, -0.15) is 0 Å². The van der Waals surface area contributed by atoms with Crippen molar-refractivity contribution in [1.29, 1.82) is 0 Å². The average molecular weight is 267 g/mol. The molecule has 0 aromatic carbocycles. The molecule has 1 saturated carbocycles. The summed E-state index contributed by atoms with van der Waals surface area (Å²) < 4.78 is 0. The summed E-state index contributed by atoms with van der Waals surface area (Å²) in [6.45, 7) is 4.11. The van der Waals surface area contributed by atoms with Crippen LogP contribution in [0.1, 0.15) is 51.9 Å². The molecule has 1 saturated heterocycles. The second-order valence-electron chi connectivity index (χ2n) is 6.11. The van der Waals surface area contributed by atoms with E-state index in [2.05, 4.69) is 22.5 Å². The molecule has 2 N–H and O–H groups in total. The third-order valence-corrected chi connectivity index (χ3v) is 4.69. The van der Waals surface area contributed by atoms with Crippen LogP contribution in [0.4, 0.5) is 0 Å². The highest BCUT2D eigenvalue weighted by atomic mass is 16.2. The molecular formula is C15H29N3O. The molecular weight excluding hydrogens is 238 g/mol. The van der Waals surface area contributed by atoms with Crippen LogP contribution in [0, 0.1) is 0 Å². The Bertz CT molecular complexity index is 289. The first-order chi connectivity index (χ1) is 9.22. The molecule has 0 aromatic heterocycles. The van der Waals surface area contributed by atoms with Gasteiger partial charge in [-0.05, 0) is 46.2 Å². The summed E-state index contributed by atoms with van der Waals surface area (Å²) in [4.78, 5) is 14.7. The van der Waals surface area contributed by atoms with Gasteiger partial charge in [0.1, 0.15) is 0 Å². The van der Waals surface area contributed by atoms with E-state index in [4.69, 9.17) is 0 Å². The minimum atomic E-state index is 0.0165. The highest BCUT2D eigenvalue weighted by Gasteiger charge is 2.32. The van der Waals surface area contributed by atoms with Crippen LogP contribution in [0.2, 0.25) is 0 Å². The maximum absolute atomic E-state index is 12.4. The molecule has 1 aliphatic carbocycles. The first kappa shape index (κ1) is 14.8. The molecule has 0 radical (unpaired) electrons. The van der Waals surface area contributed by atoms with E-state index in [0.29, 0.717) is 12.1 Å². The molecule has 0 aromatic rings. The van der Waals surface area contributed by atoms with Crippen molar-refractivity contribution in [1.82, 2.24) is 15.5 Å². The van der Waals surface area contributed by atoms with Gasteiger partial charge in [-0.25, -0.2) is 0 Å². The number of carbonyl (C=O) groups is 1. The summed E-state index contributed by atoms with van der Waals surface area (Å²) in [7, 11) is 1.99. The lowest BCUT2D eigenvalue weighted by Gasteiger charge is -2.32. The second-order valence-corrected chi connectivity index (χ2v) is 6.11. The molecule has 2 unspecified atom stereocenters. The fourth-order valence-electron chi connectivity index (χ4n) is 3.54. The average Bonchev–Trinajstić information content (AvgIpc) is 2.87. The molecule has 1 heterocycles. The molecule has 2 aliphatic rings. The van der Waals surface area contributed by atoms with E-state index >= 15 is 0 Å². The van der Waals surface area contributed by atoms with Crippen molar-refractivity contribution in [3.8, 4) is 0 Å². The van der Waals surface area contributed by atoms with Crippen molar-refractivity contribution in [2.45, 2.75) is 70.0 Å². The number of amides is 1. The smallest absolute Gasteiger partial charge is 0.237 e. The van der Waals surface area contributed by atoms with Gasteiger partial charge in [-0.15, -0.1) is 0 Å². The summed E-state index contributed by atoms with van der Waals surface area (Å²) in [6, 6.07) is 0.967. The van der Waals surface area contributed by atoms with Crippen molar-refractivity contribution in [3.05, 3.63) is 0 Å². The van der Waals surface area contributed by atoms with E-state index in [-0.39, 0.29) is 11.9 Å². The molecule has 2 rings (SSSR count). The van der Waals surface area contributed by atoms with Crippen molar-refractivity contribution >= 4 is 5.91 Å². The van der Waals surface area contributed by atoms with E-state index in [1.165, 1.54) is 44.9 Å². The molecule has 2 fully saturated rings. The quantitative estimate of drug-likeness (QED) is 0.793. The van der Waals surface area contributed by atoms with Crippen LogP contribution in [-0.2, 0) is 4.79 Å². The Morgan fingerprint density at radius 2 is 1.95 bits per heavy atom. The summed E-state index contributed by atoms with van der Waals surface area (Å²) in [5.41, 5.74) is 0. The molecule has 0 bridgehead atoms. The van der Waals surface area contributed by atoms with Crippen LogP contribution in [0.3, 0.4) is 0 Å². The Kier molecular flexibility index (Phi) is 5.64. The normalized spacial score (nSPS) is 27.4. The topological polar surface area (TPSA) is 44.4 Å². The SMILES string of the molecule is CNCC1CCCN1C(C)C(=O)NC1CCCCC1. The minimum absolute atomic E-state index is 0.0165. The van der Waals surface area contributed by atoms with E-state index in [1.54, 1.807) is 0 Å². The zero-order chi connectivity index (χ0) is 13.7.